The van der Waals surface area contributed by atoms with Crippen LogP contribution in [0.4, 0.5) is 0 Å². The molecule has 0 bridgehead atoms. The van der Waals surface area contributed by atoms with Gasteiger partial charge < -0.3 is 19.9 Å². The zero-order valence-electron chi connectivity index (χ0n) is 17.1. The smallest absolute Gasteiger partial charge is 0.130 e. The van der Waals surface area contributed by atoms with Gasteiger partial charge in [0.15, 0.2) is 0 Å². The van der Waals surface area contributed by atoms with Gasteiger partial charge in [0.1, 0.15) is 17.2 Å². The first-order chi connectivity index (χ1) is 13.4. The van der Waals surface area contributed by atoms with Crippen molar-refractivity contribution in [2.45, 2.75) is 39.3 Å². The van der Waals surface area contributed by atoms with Crippen LogP contribution in [0.2, 0.25) is 0 Å². The molecule has 2 atom stereocenters. The maximum atomic E-state index is 10.5. The van der Waals surface area contributed by atoms with Crippen LogP contribution in [-0.4, -0.2) is 25.4 Å². The highest BCUT2D eigenvalue weighted by Crippen LogP contribution is 2.44. The van der Waals surface area contributed by atoms with Crippen molar-refractivity contribution in [2.75, 3.05) is 14.2 Å². The molecule has 0 radical (unpaired) electrons. The van der Waals surface area contributed by atoms with Gasteiger partial charge in [-0.2, -0.15) is 0 Å². The van der Waals surface area contributed by atoms with E-state index in [4.69, 9.17) is 9.47 Å². The molecule has 28 heavy (non-hydrogen) atoms. The first-order valence-electron chi connectivity index (χ1n) is 9.71. The lowest BCUT2D eigenvalue weighted by Crippen LogP contribution is -2.36. The molecule has 4 rings (SSSR count). The summed E-state index contributed by atoms with van der Waals surface area (Å²) in [5.41, 5.74) is 5.64. The fraction of sp³-hybridized carbons (Fsp3) is 0.333. The minimum Gasteiger partial charge on any atom is -0.508 e. The van der Waals surface area contributed by atoms with Crippen LogP contribution in [0.3, 0.4) is 0 Å². The largest absolute Gasteiger partial charge is 0.508 e. The van der Waals surface area contributed by atoms with Crippen LogP contribution in [0, 0.1) is 6.92 Å². The maximum absolute atomic E-state index is 10.5. The number of phenols is 1. The van der Waals surface area contributed by atoms with Crippen LogP contribution < -0.4 is 14.8 Å². The number of ether oxygens (including phenoxy) is 2. The van der Waals surface area contributed by atoms with Gasteiger partial charge in [-0.25, -0.2) is 0 Å². The van der Waals surface area contributed by atoms with Crippen LogP contribution in [0.15, 0.2) is 36.4 Å². The molecule has 0 spiro atoms. The molecule has 0 unspecified atom stereocenters. The Balaban J connectivity index is 2.07. The second-order valence-corrected chi connectivity index (χ2v) is 7.72. The molecular weight excluding hydrogens is 350 g/mol. The average molecular weight is 377 g/mol. The van der Waals surface area contributed by atoms with Gasteiger partial charge in [0.05, 0.1) is 19.6 Å². The summed E-state index contributed by atoms with van der Waals surface area (Å²) in [6.07, 6.45) is 0.875. The van der Waals surface area contributed by atoms with E-state index < -0.39 is 0 Å². The number of aryl methyl sites for hydroxylation is 1. The summed E-state index contributed by atoms with van der Waals surface area (Å²) in [5, 5.41) is 16.1. The Hall–Kier alpha value is -2.72. The number of fused-ring (bicyclic) bond motifs is 2. The molecule has 0 aromatic heterocycles. The molecule has 1 heterocycles. The molecular formula is C24H27NO3. The zero-order chi connectivity index (χ0) is 20.0. The van der Waals surface area contributed by atoms with Crippen molar-refractivity contribution in [2.24, 2.45) is 0 Å². The van der Waals surface area contributed by atoms with Gasteiger partial charge in [-0.05, 0) is 73.0 Å². The number of benzene rings is 3. The lowest BCUT2D eigenvalue weighted by molar-refractivity contribution is 0.405. The number of methoxy groups -OCH3 is 2. The normalized spacial score (nSPS) is 18.8. The quantitative estimate of drug-likeness (QED) is 0.664. The second kappa shape index (κ2) is 7.02. The fourth-order valence-electron chi connectivity index (χ4n) is 4.60. The topological polar surface area (TPSA) is 50.7 Å². The van der Waals surface area contributed by atoms with Gasteiger partial charge in [-0.1, -0.05) is 18.2 Å². The third kappa shape index (κ3) is 2.89. The predicted octanol–water partition coefficient (Wildman–Crippen LogP) is 5.13. The van der Waals surface area contributed by atoms with E-state index in [-0.39, 0.29) is 6.04 Å². The van der Waals surface area contributed by atoms with E-state index in [0.29, 0.717) is 11.8 Å². The average Bonchev–Trinajstić information content (AvgIpc) is 2.66. The molecule has 2 N–H and O–H groups in total. The number of hydrogen-bond acceptors (Lipinski definition) is 4. The molecule has 3 aromatic rings. The number of nitrogens with one attached hydrogen (secondary N) is 1. The summed E-state index contributed by atoms with van der Waals surface area (Å²) in [6, 6.07) is 12.6. The Labute approximate surface area is 166 Å². The first kappa shape index (κ1) is 18.6. The zero-order valence-corrected chi connectivity index (χ0v) is 17.1. The van der Waals surface area contributed by atoms with Gasteiger partial charge in [0.25, 0.3) is 0 Å². The standard InChI is InChI=1S/C24H27NO3/c1-13-10-18-17(7-9-21(27-4)24(18)22(11-13)28-5)16-6-8-20(26)23-15(3)25-14(2)12-19(16)23/h6-11,14-15,25-26H,12H2,1-5H3/t14-,15+/m1/s1. The molecule has 3 aromatic carbocycles. The van der Waals surface area contributed by atoms with E-state index in [1.165, 1.54) is 5.56 Å². The van der Waals surface area contributed by atoms with Crippen molar-refractivity contribution in [3.63, 3.8) is 0 Å². The molecule has 0 fully saturated rings. The lowest BCUT2D eigenvalue weighted by atomic mass is 9.83. The molecule has 1 aliphatic rings. The highest BCUT2D eigenvalue weighted by molar-refractivity contribution is 6.04. The van der Waals surface area contributed by atoms with Crippen LogP contribution in [0.1, 0.15) is 36.6 Å². The van der Waals surface area contributed by atoms with E-state index >= 15 is 0 Å². The van der Waals surface area contributed by atoms with E-state index in [9.17, 15) is 5.11 Å². The molecule has 4 heteroatoms. The summed E-state index contributed by atoms with van der Waals surface area (Å²) in [5.74, 6) is 1.97. The van der Waals surface area contributed by atoms with Gasteiger partial charge in [0.2, 0.25) is 0 Å². The summed E-state index contributed by atoms with van der Waals surface area (Å²) in [4.78, 5) is 0. The van der Waals surface area contributed by atoms with E-state index in [2.05, 4.69) is 38.2 Å². The van der Waals surface area contributed by atoms with Gasteiger partial charge >= 0.3 is 0 Å². The minimum absolute atomic E-state index is 0.111. The van der Waals surface area contributed by atoms with Crippen LogP contribution in [0.5, 0.6) is 17.2 Å². The van der Waals surface area contributed by atoms with Crippen molar-refractivity contribution < 1.29 is 14.6 Å². The van der Waals surface area contributed by atoms with E-state index in [0.717, 1.165) is 50.9 Å². The Kier molecular flexibility index (Phi) is 4.68. The number of aromatic hydroxyl groups is 1. The van der Waals surface area contributed by atoms with Crippen molar-refractivity contribution >= 4 is 10.8 Å². The maximum Gasteiger partial charge on any atom is 0.130 e. The Morgan fingerprint density at radius 3 is 2.39 bits per heavy atom. The Morgan fingerprint density at radius 1 is 0.964 bits per heavy atom. The monoisotopic (exact) mass is 377 g/mol. The van der Waals surface area contributed by atoms with Gasteiger partial charge in [-0.3, -0.25) is 0 Å². The minimum atomic E-state index is 0.111. The fourth-order valence-corrected chi connectivity index (χ4v) is 4.60. The summed E-state index contributed by atoms with van der Waals surface area (Å²) < 4.78 is 11.3. The molecule has 0 aliphatic carbocycles. The highest BCUT2D eigenvalue weighted by atomic mass is 16.5. The molecule has 0 amide bonds. The molecule has 0 saturated heterocycles. The van der Waals surface area contributed by atoms with Crippen molar-refractivity contribution in [3.05, 3.63) is 53.1 Å². The Bertz CT molecular complexity index is 1060. The van der Waals surface area contributed by atoms with Crippen LogP contribution >= 0.6 is 0 Å². The SMILES string of the molecule is COc1ccc(-c2ccc(O)c3c2C[C@@H](C)N[C@H]3C)c2cc(C)cc(OC)c12. The molecule has 4 nitrogen and oxygen atoms in total. The van der Waals surface area contributed by atoms with Crippen LogP contribution in [0.25, 0.3) is 21.9 Å². The van der Waals surface area contributed by atoms with Gasteiger partial charge in [-0.15, -0.1) is 0 Å². The van der Waals surface area contributed by atoms with Crippen molar-refractivity contribution in [3.8, 4) is 28.4 Å². The van der Waals surface area contributed by atoms with E-state index in [1.54, 1.807) is 14.2 Å². The molecule has 1 aliphatic heterocycles. The highest BCUT2D eigenvalue weighted by Gasteiger charge is 2.27. The lowest BCUT2D eigenvalue weighted by Gasteiger charge is -2.31. The third-order valence-electron chi connectivity index (χ3n) is 5.73. The third-order valence-corrected chi connectivity index (χ3v) is 5.73. The first-order valence-corrected chi connectivity index (χ1v) is 9.71. The van der Waals surface area contributed by atoms with E-state index in [1.807, 2.05) is 24.3 Å². The van der Waals surface area contributed by atoms with Gasteiger partial charge in [0, 0.05) is 17.6 Å². The second-order valence-electron chi connectivity index (χ2n) is 7.72. The summed E-state index contributed by atoms with van der Waals surface area (Å²) in [7, 11) is 3.38. The number of hydrogen-bond donors (Lipinski definition) is 2. The summed E-state index contributed by atoms with van der Waals surface area (Å²) >= 11 is 0. The number of rotatable bonds is 3. The van der Waals surface area contributed by atoms with Crippen molar-refractivity contribution in [1.29, 1.82) is 0 Å². The predicted molar refractivity (Wildman–Crippen MR) is 114 cm³/mol. The Morgan fingerprint density at radius 2 is 1.68 bits per heavy atom. The van der Waals surface area contributed by atoms with Crippen molar-refractivity contribution in [1.82, 2.24) is 5.32 Å². The molecule has 0 saturated carbocycles. The van der Waals surface area contributed by atoms with Crippen LogP contribution in [-0.2, 0) is 6.42 Å². The summed E-state index contributed by atoms with van der Waals surface area (Å²) in [6.45, 7) is 6.37. The molecule has 146 valence electrons. The number of phenolic OH excluding ortho intramolecular Hbond substituents is 1.